The molecule has 3 N–H and O–H groups in total. The maximum absolute atomic E-state index is 12.1. The van der Waals surface area contributed by atoms with Gasteiger partial charge in [0.25, 0.3) is 0 Å². The van der Waals surface area contributed by atoms with Crippen LogP contribution in [0, 0.1) is 5.92 Å². The van der Waals surface area contributed by atoms with E-state index in [-0.39, 0.29) is 30.4 Å². The first-order valence-electron chi connectivity index (χ1n) is 7.84. The molecule has 20 heavy (non-hydrogen) atoms. The number of amides is 2. The summed E-state index contributed by atoms with van der Waals surface area (Å²) in [6.07, 6.45) is 8.48. The first-order chi connectivity index (χ1) is 9.65. The number of hydrogen-bond donors (Lipinski definition) is 2. The third-order valence-electron chi connectivity index (χ3n) is 4.42. The molecule has 5 heteroatoms. The Balaban J connectivity index is 1.84. The highest BCUT2D eigenvalue weighted by atomic mass is 16.5. The lowest BCUT2D eigenvalue weighted by molar-refractivity contribution is -0.125. The van der Waals surface area contributed by atoms with E-state index in [2.05, 4.69) is 5.32 Å². The smallest absolute Gasteiger partial charge is 0.222 e. The molecule has 0 spiro atoms. The second-order valence-electron chi connectivity index (χ2n) is 6.08. The van der Waals surface area contributed by atoms with Gasteiger partial charge in [0.05, 0.1) is 12.5 Å². The number of nitrogens with two attached hydrogens (primary N) is 1. The Morgan fingerprint density at radius 2 is 1.90 bits per heavy atom. The fraction of sp³-hybridized carbons (Fsp3) is 0.867. The van der Waals surface area contributed by atoms with Gasteiger partial charge < -0.3 is 15.8 Å². The normalized spacial score (nSPS) is 25.3. The predicted octanol–water partition coefficient (Wildman–Crippen LogP) is 1.50. The summed E-state index contributed by atoms with van der Waals surface area (Å²) in [6, 6.07) is -0.0956. The second kappa shape index (κ2) is 7.62. The van der Waals surface area contributed by atoms with Crippen molar-refractivity contribution in [2.75, 3.05) is 6.61 Å². The lowest BCUT2D eigenvalue weighted by atomic mass is 9.82. The SMILES string of the molecule is NC(=O)CC(NC(=O)CC1CCCO1)C1CCCCC1. The van der Waals surface area contributed by atoms with Gasteiger partial charge in [0.1, 0.15) is 0 Å². The zero-order valence-corrected chi connectivity index (χ0v) is 12.1. The zero-order chi connectivity index (χ0) is 14.4. The Labute approximate surface area is 120 Å². The molecule has 1 heterocycles. The van der Waals surface area contributed by atoms with Crippen LogP contribution in [0.15, 0.2) is 0 Å². The second-order valence-corrected chi connectivity index (χ2v) is 6.08. The lowest BCUT2D eigenvalue weighted by Gasteiger charge is -2.30. The molecular weight excluding hydrogens is 256 g/mol. The molecule has 2 amide bonds. The van der Waals surface area contributed by atoms with E-state index in [4.69, 9.17) is 10.5 Å². The molecule has 2 atom stereocenters. The van der Waals surface area contributed by atoms with Crippen molar-refractivity contribution in [3.05, 3.63) is 0 Å². The number of carbonyl (C=O) groups excluding carboxylic acids is 2. The van der Waals surface area contributed by atoms with E-state index < -0.39 is 0 Å². The van der Waals surface area contributed by atoms with Crippen LogP contribution in [0.5, 0.6) is 0 Å². The number of hydrogen-bond acceptors (Lipinski definition) is 3. The fourth-order valence-corrected chi connectivity index (χ4v) is 3.37. The molecule has 0 radical (unpaired) electrons. The van der Waals surface area contributed by atoms with Crippen LogP contribution >= 0.6 is 0 Å². The van der Waals surface area contributed by atoms with E-state index in [1.807, 2.05) is 0 Å². The molecule has 0 aromatic heterocycles. The van der Waals surface area contributed by atoms with Crippen molar-refractivity contribution in [3.8, 4) is 0 Å². The van der Waals surface area contributed by atoms with Gasteiger partial charge in [0.15, 0.2) is 0 Å². The lowest BCUT2D eigenvalue weighted by Crippen LogP contribution is -2.44. The molecule has 2 rings (SSSR count). The van der Waals surface area contributed by atoms with Crippen molar-refractivity contribution < 1.29 is 14.3 Å². The molecule has 1 aliphatic carbocycles. The van der Waals surface area contributed by atoms with Crippen molar-refractivity contribution in [3.63, 3.8) is 0 Å². The Morgan fingerprint density at radius 3 is 2.50 bits per heavy atom. The molecule has 114 valence electrons. The number of primary amides is 1. The maximum atomic E-state index is 12.1. The molecule has 2 unspecified atom stereocenters. The van der Waals surface area contributed by atoms with Gasteiger partial charge in [0, 0.05) is 19.1 Å². The Bertz CT molecular complexity index is 334. The first-order valence-corrected chi connectivity index (χ1v) is 7.84. The van der Waals surface area contributed by atoms with E-state index in [0.29, 0.717) is 12.3 Å². The van der Waals surface area contributed by atoms with Crippen LogP contribution in [-0.2, 0) is 14.3 Å². The van der Waals surface area contributed by atoms with Crippen molar-refractivity contribution in [1.82, 2.24) is 5.32 Å². The summed E-state index contributed by atoms with van der Waals surface area (Å²) in [5.74, 6) is 0.0522. The molecule has 2 fully saturated rings. The Morgan fingerprint density at radius 1 is 1.15 bits per heavy atom. The van der Waals surface area contributed by atoms with Gasteiger partial charge in [0.2, 0.25) is 11.8 Å². The van der Waals surface area contributed by atoms with E-state index in [9.17, 15) is 9.59 Å². The van der Waals surface area contributed by atoms with Gasteiger partial charge in [-0.15, -0.1) is 0 Å². The third kappa shape index (κ3) is 4.78. The Hall–Kier alpha value is -1.10. The molecule has 2 aliphatic rings. The van der Waals surface area contributed by atoms with Crippen LogP contribution in [-0.4, -0.2) is 30.6 Å². The molecule has 5 nitrogen and oxygen atoms in total. The molecule has 0 aromatic carbocycles. The van der Waals surface area contributed by atoms with Crippen LogP contribution in [0.4, 0.5) is 0 Å². The minimum absolute atomic E-state index is 0.00581. The fourth-order valence-electron chi connectivity index (χ4n) is 3.37. The number of rotatable bonds is 6. The van der Waals surface area contributed by atoms with Crippen LogP contribution in [0.1, 0.15) is 57.8 Å². The summed E-state index contributed by atoms with van der Waals surface area (Å²) in [6.45, 7) is 0.755. The summed E-state index contributed by atoms with van der Waals surface area (Å²) >= 11 is 0. The van der Waals surface area contributed by atoms with E-state index >= 15 is 0 Å². The summed E-state index contributed by atoms with van der Waals surface area (Å²) < 4.78 is 5.48. The summed E-state index contributed by atoms with van der Waals surface area (Å²) in [7, 11) is 0. The van der Waals surface area contributed by atoms with Crippen molar-refractivity contribution in [2.24, 2.45) is 11.7 Å². The summed E-state index contributed by atoms with van der Waals surface area (Å²) in [5, 5.41) is 3.03. The van der Waals surface area contributed by atoms with Gasteiger partial charge in [-0.1, -0.05) is 19.3 Å². The van der Waals surface area contributed by atoms with E-state index in [1.54, 1.807) is 0 Å². The van der Waals surface area contributed by atoms with Crippen molar-refractivity contribution in [1.29, 1.82) is 0 Å². The van der Waals surface area contributed by atoms with Gasteiger partial charge in [-0.3, -0.25) is 9.59 Å². The highest BCUT2D eigenvalue weighted by molar-refractivity contribution is 5.79. The molecule has 1 saturated carbocycles. The minimum atomic E-state index is -0.335. The summed E-state index contributed by atoms with van der Waals surface area (Å²) in [4.78, 5) is 23.3. The average Bonchev–Trinajstić information content (AvgIpc) is 2.91. The molecule has 1 aliphatic heterocycles. The van der Waals surface area contributed by atoms with Crippen LogP contribution < -0.4 is 11.1 Å². The van der Waals surface area contributed by atoms with E-state index in [1.165, 1.54) is 19.3 Å². The monoisotopic (exact) mass is 282 g/mol. The van der Waals surface area contributed by atoms with Crippen molar-refractivity contribution in [2.45, 2.75) is 69.9 Å². The number of carbonyl (C=O) groups is 2. The van der Waals surface area contributed by atoms with Gasteiger partial charge in [-0.05, 0) is 31.6 Å². The molecule has 1 saturated heterocycles. The first kappa shape index (κ1) is 15.3. The predicted molar refractivity (Wildman–Crippen MR) is 75.9 cm³/mol. The quantitative estimate of drug-likeness (QED) is 0.774. The van der Waals surface area contributed by atoms with Crippen LogP contribution in [0.25, 0.3) is 0 Å². The highest BCUT2D eigenvalue weighted by Crippen LogP contribution is 2.28. The van der Waals surface area contributed by atoms with Gasteiger partial charge >= 0.3 is 0 Å². The van der Waals surface area contributed by atoms with Gasteiger partial charge in [-0.2, -0.15) is 0 Å². The van der Waals surface area contributed by atoms with Gasteiger partial charge in [-0.25, -0.2) is 0 Å². The van der Waals surface area contributed by atoms with E-state index in [0.717, 1.165) is 32.3 Å². The maximum Gasteiger partial charge on any atom is 0.222 e. The number of ether oxygens (including phenoxy) is 1. The largest absolute Gasteiger partial charge is 0.378 e. The average molecular weight is 282 g/mol. The zero-order valence-electron chi connectivity index (χ0n) is 12.1. The van der Waals surface area contributed by atoms with Crippen LogP contribution in [0.3, 0.4) is 0 Å². The Kier molecular flexibility index (Phi) is 5.83. The standard InChI is InChI=1S/C15H26N2O3/c16-14(18)10-13(11-5-2-1-3-6-11)17-15(19)9-12-7-4-8-20-12/h11-13H,1-10H2,(H2,16,18)(H,17,19). The molecular formula is C15H26N2O3. The van der Waals surface area contributed by atoms with Crippen LogP contribution in [0.2, 0.25) is 0 Å². The third-order valence-corrected chi connectivity index (χ3v) is 4.42. The topological polar surface area (TPSA) is 81.4 Å². The summed E-state index contributed by atoms with van der Waals surface area (Å²) in [5.41, 5.74) is 5.32. The minimum Gasteiger partial charge on any atom is -0.378 e. The highest BCUT2D eigenvalue weighted by Gasteiger charge is 2.28. The molecule has 0 aromatic rings. The molecule has 0 bridgehead atoms. The number of nitrogens with one attached hydrogen (secondary N) is 1. The van der Waals surface area contributed by atoms with Crippen molar-refractivity contribution >= 4 is 11.8 Å².